The monoisotopic (exact) mass is 510 g/mol. The van der Waals surface area contributed by atoms with Crippen LogP contribution in [-0.2, 0) is 13.7 Å². The molecule has 174 valence electrons. The maximum Gasteiger partial charge on any atom is 0.291 e. The highest BCUT2D eigenvalue weighted by atomic mass is 35.5. The maximum absolute atomic E-state index is 13.0. The normalized spacial score (nSPS) is 13.8. The summed E-state index contributed by atoms with van der Waals surface area (Å²) < 4.78 is 12.7. The van der Waals surface area contributed by atoms with E-state index in [-0.39, 0.29) is 34.1 Å². The molecule has 1 saturated heterocycles. The summed E-state index contributed by atoms with van der Waals surface area (Å²) in [6, 6.07) is 6.15. The van der Waals surface area contributed by atoms with E-state index in [1.807, 2.05) is 0 Å². The van der Waals surface area contributed by atoms with E-state index in [0.717, 1.165) is 19.3 Å². The Morgan fingerprint density at radius 1 is 1.12 bits per heavy atom. The molecular formula is C22H21Cl3N4O4. The number of hydrogen-bond donors (Lipinski definition) is 1. The van der Waals surface area contributed by atoms with Gasteiger partial charge in [0.25, 0.3) is 11.8 Å². The van der Waals surface area contributed by atoms with Crippen molar-refractivity contribution in [3.05, 3.63) is 62.7 Å². The Kier molecular flexibility index (Phi) is 7.17. The molecule has 1 aromatic carbocycles. The Bertz CT molecular complexity index is 1160. The van der Waals surface area contributed by atoms with E-state index in [1.54, 1.807) is 18.0 Å². The predicted octanol–water partition coefficient (Wildman–Crippen LogP) is 5.43. The summed E-state index contributed by atoms with van der Waals surface area (Å²) in [4.78, 5) is 27.5. The summed E-state index contributed by atoms with van der Waals surface area (Å²) in [5, 5.41) is 7.78. The minimum Gasteiger partial charge on any atom is -0.483 e. The summed E-state index contributed by atoms with van der Waals surface area (Å²) in [7, 11) is 1.67. The fourth-order valence-electron chi connectivity index (χ4n) is 3.60. The predicted molar refractivity (Wildman–Crippen MR) is 125 cm³/mol. The van der Waals surface area contributed by atoms with E-state index in [4.69, 9.17) is 44.0 Å². The fraction of sp³-hybridized carbons (Fsp3) is 0.318. The van der Waals surface area contributed by atoms with Gasteiger partial charge in [0.05, 0.1) is 21.9 Å². The second kappa shape index (κ2) is 10.1. The van der Waals surface area contributed by atoms with Crippen molar-refractivity contribution >= 4 is 52.3 Å². The van der Waals surface area contributed by atoms with Crippen LogP contribution in [0, 0.1) is 0 Å². The van der Waals surface area contributed by atoms with Crippen molar-refractivity contribution in [1.29, 1.82) is 0 Å². The van der Waals surface area contributed by atoms with E-state index >= 15 is 0 Å². The zero-order valence-corrected chi connectivity index (χ0v) is 20.0. The molecule has 0 aliphatic carbocycles. The number of halogens is 3. The van der Waals surface area contributed by atoms with E-state index in [1.165, 1.54) is 29.1 Å². The summed E-state index contributed by atoms with van der Waals surface area (Å²) in [5.74, 6) is 0.0429. The summed E-state index contributed by atoms with van der Waals surface area (Å²) >= 11 is 18.1. The highest BCUT2D eigenvalue weighted by Gasteiger charge is 2.26. The standard InChI is InChI=1S/C22H21Cl3N4O4/c1-28-19(22(31)29-7-3-2-4-8-29)17(11-26-28)27-21(30)18-6-5-14(33-18)12-32-20-15(24)9-13(23)10-16(20)25/h5-6,9-11H,2-4,7-8,12H2,1H3,(H,27,30). The second-order valence-corrected chi connectivity index (χ2v) is 8.84. The van der Waals surface area contributed by atoms with Crippen LogP contribution in [0.25, 0.3) is 0 Å². The lowest BCUT2D eigenvalue weighted by Gasteiger charge is -2.27. The average molecular weight is 512 g/mol. The van der Waals surface area contributed by atoms with Gasteiger partial charge in [-0.1, -0.05) is 34.8 Å². The SMILES string of the molecule is Cn1ncc(NC(=O)c2ccc(COc3c(Cl)cc(Cl)cc3Cl)o2)c1C(=O)N1CCCCC1. The van der Waals surface area contributed by atoms with Gasteiger partial charge in [-0.05, 0) is 43.5 Å². The van der Waals surface area contributed by atoms with Crippen molar-refractivity contribution in [1.82, 2.24) is 14.7 Å². The number of nitrogens with zero attached hydrogens (tertiary/aromatic N) is 3. The Hall–Kier alpha value is -2.68. The van der Waals surface area contributed by atoms with Gasteiger partial charge in [0.1, 0.15) is 18.1 Å². The number of benzene rings is 1. The van der Waals surface area contributed by atoms with Gasteiger partial charge in [-0.25, -0.2) is 0 Å². The van der Waals surface area contributed by atoms with E-state index < -0.39 is 5.91 Å². The molecule has 0 saturated carbocycles. The van der Waals surface area contributed by atoms with Crippen LogP contribution in [0.15, 0.2) is 34.9 Å². The third-order valence-electron chi connectivity index (χ3n) is 5.24. The lowest BCUT2D eigenvalue weighted by molar-refractivity contribution is 0.0714. The van der Waals surface area contributed by atoms with E-state index in [2.05, 4.69) is 10.4 Å². The van der Waals surface area contributed by atoms with Crippen molar-refractivity contribution in [3.63, 3.8) is 0 Å². The first-order valence-corrected chi connectivity index (χ1v) is 11.5. The number of carbonyl (C=O) groups is 2. The van der Waals surface area contributed by atoms with Crippen molar-refractivity contribution < 1.29 is 18.7 Å². The van der Waals surface area contributed by atoms with Gasteiger partial charge in [-0.15, -0.1) is 0 Å². The minimum absolute atomic E-state index is 0.0000587. The number of furan rings is 1. The van der Waals surface area contributed by atoms with E-state index in [0.29, 0.717) is 35.3 Å². The minimum atomic E-state index is -0.510. The second-order valence-electron chi connectivity index (χ2n) is 7.59. The lowest BCUT2D eigenvalue weighted by atomic mass is 10.1. The molecule has 33 heavy (non-hydrogen) atoms. The fourth-order valence-corrected chi connectivity index (χ4v) is 4.53. The Balaban J connectivity index is 1.43. The van der Waals surface area contributed by atoms with Crippen LogP contribution in [0.5, 0.6) is 5.75 Å². The van der Waals surface area contributed by atoms with Gasteiger partial charge in [-0.3, -0.25) is 14.3 Å². The molecule has 0 bridgehead atoms. The molecule has 0 atom stereocenters. The third kappa shape index (κ3) is 5.29. The molecule has 8 nitrogen and oxygen atoms in total. The van der Waals surface area contributed by atoms with Gasteiger partial charge < -0.3 is 19.4 Å². The number of nitrogens with one attached hydrogen (secondary N) is 1. The van der Waals surface area contributed by atoms with Crippen molar-refractivity contribution in [3.8, 4) is 5.75 Å². The zero-order chi connectivity index (χ0) is 23.5. The number of aryl methyl sites for hydroxylation is 1. The van der Waals surface area contributed by atoms with Gasteiger partial charge >= 0.3 is 0 Å². The zero-order valence-electron chi connectivity index (χ0n) is 17.7. The Morgan fingerprint density at radius 3 is 2.52 bits per heavy atom. The molecule has 3 aromatic rings. The highest BCUT2D eigenvalue weighted by Crippen LogP contribution is 2.36. The molecule has 0 spiro atoms. The first kappa shape index (κ1) is 23.5. The molecule has 1 N–H and O–H groups in total. The van der Waals surface area contributed by atoms with E-state index in [9.17, 15) is 9.59 Å². The topological polar surface area (TPSA) is 89.6 Å². The number of piperidine rings is 1. The highest BCUT2D eigenvalue weighted by molar-refractivity contribution is 6.40. The van der Waals surface area contributed by atoms with Gasteiger partial charge in [-0.2, -0.15) is 5.10 Å². The molecule has 1 aliphatic rings. The first-order valence-electron chi connectivity index (χ1n) is 10.3. The molecule has 2 aromatic heterocycles. The number of carbonyl (C=O) groups excluding carboxylic acids is 2. The Labute approximate surface area is 205 Å². The number of hydrogen-bond acceptors (Lipinski definition) is 5. The van der Waals surface area contributed by atoms with Crippen LogP contribution in [0.4, 0.5) is 5.69 Å². The number of amides is 2. The van der Waals surface area contributed by atoms with Crippen molar-refractivity contribution in [2.75, 3.05) is 18.4 Å². The Morgan fingerprint density at radius 2 is 1.82 bits per heavy atom. The smallest absolute Gasteiger partial charge is 0.291 e. The van der Waals surface area contributed by atoms with Crippen LogP contribution in [0.2, 0.25) is 15.1 Å². The van der Waals surface area contributed by atoms with Crippen LogP contribution >= 0.6 is 34.8 Å². The summed E-state index contributed by atoms with van der Waals surface area (Å²) in [5.41, 5.74) is 0.652. The van der Waals surface area contributed by atoms with Gasteiger partial charge in [0, 0.05) is 25.2 Å². The number of anilines is 1. The number of aromatic nitrogens is 2. The molecule has 0 radical (unpaired) electrons. The van der Waals surface area contributed by atoms with Crippen LogP contribution in [0.3, 0.4) is 0 Å². The number of ether oxygens (including phenoxy) is 1. The largest absolute Gasteiger partial charge is 0.483 e. The maximum atomic E-state index is 13.0. The molecule has 2 amide bonds. The molecular weight excluding hydrogens is 491 g/mol. The number of rotatable bonds is 6. The first-order chi connectivity index (χ1) is 15.8. The molecule has 1 fully saturated rings. The number of likely N-dealkylation sites (tertiary alicyclic amines) is 1. The van der Waals surface area contributed by atoms with Gasteiger partial charge in [0.2, 0.25) is 0 Å². The molecule has 11 heteroatoms. The molecule has 3 heterocycles. The van der Waals surface area contributed by atoms with Gasteiger partial charge in [0.15, 0.2) is 11.5 Å². The average Bonchev–Trinajstić information content (AvgIpc) is 3.40. The quantitative estimate of drug-likeness (QED) is 0.476. The van der Waals surface area contributed by atoms with Crippen LogP contribution in [-0.4, -0.2) is 39.6 Å². The van der Waals surface area contributed by atoms with Crippen molar-refractivity contribution in [2.24, 2.45) is 7.05 Å². The third-order valence-corrected chi connectivity index (χ3v) is 6.02. The molecule has 0 unspecified atom stereocenters. The molecule has 4 rings (SSSR count). The summed E-state index contributed by atoms with van der Waals surface area (Å²) in [6.45, 7) is 1.39. The molecule has 1 aliphatic heterocycles. The lowest BCUT2D eigenvalue weighted by Crippen LogP contribution is -2.37. The summed E-state index contributed by atoms with van der Waals surface area (Å²) in [6.07, 6.45) is 4.50. The van der Waals surface area contributed by atoms with Crippen LogP contribution in [0.1, 0.15) is 46.1 Å². The van der Waals surface area contributed by atoms with Crippen molar-refractivity contribution in [2.45, 2.75) is 25.9 Å². The van der Waals surface area contributed by atoms with Crippen LogP contribution < -0.4 is 10.1 Å².